The van der Waals surface area contributed by atoms with Crippen molar-refractivity contribution in [3.05, 3.63) is 34.2 Å². The van der Waals surface area contributed by atoms with Gasteiger partial charge in [-0.05, 0) is 42.2 Å². The van der Waals surface area contributed by atoms with E-state index in [0.29, 0.717) is 12.3 Å². The molecule has 2 N–H and O–H groups in total. The number of amides is 2. The summed E-state index contributed by atoms with van der Waals surface area (Å²) < 4.78 is 4.86. The molecule has 2 amide bonds. The molecule has 0 radical (unpaired) electrons. The summed E-state index contributed by atoms with van der Waals surface area (Å²) in [5, 5.41) is 13.0. The van der Waals surface area contributed by atoms with Crippen molar-refractivity contribution in [1.29, 1.82) is 0 Å². The van der Waals surface area contributed by atoms with Gasteiger partial charge >= 0.3 is 11.8 Å². The van der Waals surface area contributed by atoms with Crippen LogP contribution in [-0.2, 0) is 15.0 Å². The zero-order valence-corrected chi connectivity index (χ0v) is 13.7. The molecule has 23 heavy (non-hydrogen) atoms. The lowest BCUT2D eigenvalue weighted by Crippen LogP contribution is -2.43. The number of anilines is 1. The van der Waals surface area contributed by atoms with Gasteiger partial charge < -0.3 is 9.84 Å². The van der Waals surface area contributed by atoms with Crippen molar-refractivity contribution in [1.82, 2.24) is 10.5 Å². The molecule has 6 nitrogen and oxygen atoms in total. The van der Waals surface area contributed by atoms with Crippen molar-refractivity contribution in [3.63, 3.8) is 0 Å². The molecule has 1 aliphatic carbocycles. The lowest BCUT2D eigenvalue weighted by molar-refractivity contribution is -0.136. The van der Waals surface area contributed by atoms with Gasteiger partial charge in [-0.15, -0.1) is 0 Å². The van der Waals surface area contributed by atoms with E-state index in [9.17, 15) is 9.59 Å². The Morgan fingerprint density at radius 2 is 2.13 bits per heavy atom. The molecule has 0 aromatic carbocycles. The lowest BCUT2D eigenvalue weighted by Gasteiger charge is -2.28. The molecule has 3 rings (SSSR count). The second-order valence-electron chi connectivity index (χ2n) is 5.96. The van der Waals surface area contributed by atoms with Crippen molar-refractivity contribution in [2.45, 2.75) is 38.0 Å². The molecule has 0 spiro atoms. The van der Waals surface area contributed by atoms with Gasteiger partial charge in [0.25, 0.3) is 0 Å². The number of aryl methyl sites for hydroxylation is 1. The van der Waals surface area contributed by atoms with Gasteiger partial charge in [0.15, 0.2) is 5.82 Å². The van der Waals surface area contributed by atoms with Gasteiger partial charge in [-0.25, -0.2) is 0 Å². The van der Waals surface area contributed by atoms with Crippen LogP contribution in [0.2, 0.25) is 0 Å². The Morgan fingerprint density at radius 1 is 1.35 bits per heavy atom. The van der Waals surface area contributed by atoms with Crippen LogP contribution in [0.3, 0.4) is 0 Å². The van der Waals surface area contributed by atoms with Crippen LogP contribution in [-0.4, -0.2) is 23.5 Å². The first-order valence-corrected chi connectivity index (χ1v) is 8.59. The highest BCUT2D eigenvalue weighted by molar-refractivity contribution is 7.08. The summed E-state index contributed by atoms with van der Waals surface area (Å²) in [5.41, 5.74) is 1.22. The molecule has 122 valence electrons. The van der Waals surface area contributed by atoms with Gasteiger partial charge in [-0.2, -0.15) is 11.3 Å². The van der Waals surface area contributed by atoms with Crippen LogP contribution in [0.5, 0.6) is 0 Å². The second-order valence-corrected chi connectivity index (χ2v) is 6.74. The fourth-order valence-corrected chi connectivity index (χ4v) is 3.89. The summed E-state index contributed by atoms with van der Waals surface area (Å²) in [4.78, 5) is 24.0. The third kappa shape index (κ3) is 3.44. The van der Waals surface area contributed by atoms with Crippen LogP contribution < -0.4 is 10.6 Å². The Balaban J connectivity index is 1.60. The first-order valence-electron chi connectivity index (χ1n) is 7.64. The molecule has 0 saturated heterocycles. The quantitative estimate of drug-likeness (QED) is 0.842. The first-order chi connectivity index (χ1) is 11.1. The van der Waals surface area contributed by atoms with Gasteiger partial charge in [-0.3, -0.25) is 14.9 Å². The topological polar surface area (TPSA) is 84.2 Å². The molecular weight excluding hydrogens is 314 g/mol. The monoisotopic (exact) mass is 333 g/mol. The zero-order valence-electron chi connectivity index (χ0n) is 12.9. The van der Waals surface area contributed by atoms with Gasteiger partial charge in [0.05, 0.1) is 0 Å². The van der Waals surface area contributed by atoms with Gasteiger partial charge in [0, 0.05) is 18.0 Å². The standard InChI is InChI=1S/C16H19N3O3S/c1-11-8-13(19-22-11)18-15(21)14(20)17-10-16(5-2-3-6-16)12-4-7-23-9-12/h4,7-9H,2-3,5-6,10H2,1H3,(H,17,20)(H,18,19,21). The predicted octanol–water partition coefficient (Wildman–Crippen LogP) is 2.61. The minimum atomic E-state index is -0.725. The number of aromatic nitrogens is 1. The Morgan fingerprint density at radius 3 is 2.74 bits per heavy atom. The van der Waals surface area contributed by atoms with E-state index in [1.165, 1.54) is 5.56 Å². The highest BCUT2D eigenvalue weighted by Crippen LogP contribution is 2.41. The molecule has 2 heterocycles. The third-order valence-electron chi connectivity index (χ3n) is 4.36. The van der Waals surface area contributed by atoms with E-state index in [4.69, 9.17) is 4.52 Å². The Labute approximate surface area is 138 Å². The normalized spacial score (nSPS) is 16.2. The highest BCUT2D eigenvalue weighted by atomic mass is 32.1. The van der Waals surface area contributed by atoms with E-state index in [2.05, 4.69) is 32.6 Å². The van der Waals surface area contributed by atoms with Crippen molar-refractivity contribution < 1.29 is 14.1 Å². The lowest BCUT2D eigenvalue weighted by atomic mass is 9.80. The van der Waals surface area contributed by atoms with Crippen molar-refractivity contribution in [3.8, 4) is 0 Å². The van der Waals surface area contributed by atoms with E-state index in [1.807, 2.05) is 0 Å². The number of hydrogen-bond donors (Lipinski definition) is 2. The molecule has 1 saturated carbocycles. The summed E-state index contributed by atoms with van der Waals surface area (Å²) in [6.45, 7) is 2.20. The maximum atomic E-state index is 12.0. The predicted molar refractivity (Wildman–Crippen MR) is 87.3 cm³/mol. The number of thiophene rings is 1. The van der Waals surface area contributed by atoms with Crippen LogP contribution in [0.4, 0.5) is 5.82 Å². The van der Waals surface area contributed by atoms with E-state index in [0.717, 1.165) is 25.7 Å². The average Bonchev–Trinajstić information content (AvgIpc) is 3.26. The summed E-state index contributed by atoms with van der Waals surface area (Å²) in [6, 6.07) is 3.68. The van der Waals surface area contributed by atoms with Gasteiger partial charge in [0.2, 0.25) is 0 Å². The van der Waals surface area contributed by atoms with E-state index in [-0.39, 0.29) is 11.2 Å². The molecule has 2 aromatic rings. The number of nitrogens with one attached hydrogen (secondary N) is 2. The molecule has 0 unspecified atom stereocenters. The molecule has 0 atom stereocenters. The molecular formula is C16H19N3O3S. The maximum absolute atomic E-state index is 12.0. The summed E-state index contributed by atoms with van der Waals surface area (Å²) >= 11 is 1.66. The highest BCUT2D eigenvalue weighted by Gasteiger charge is 2.36. The molecule has 0 bridgehead atoms. The van der Waals surface area contributed by atoms with Crippen LogP contribution in [0.1, 0.15) is 37.0 Å². The average molecular weight is 333 g/mol. The SMILES string of the molecule is Cc1cc(NC(=O)C(=O)NCC2(c3ccsc3)CCCC2)no1. The Kier molecular flexibility index (Phi) is 4.47. The van der Waals surface area contributed by atoms with E-state index >= 15 is 0 Å². The number of rotatable bonds is 4. The van der Waals surface area contributed by atoms with Crippen LogP contribution in [0.15, 0.2) is 27.4 Å². The van der Waals surface area contributed by atoms with Crippen LogP contribution >= 0.6 is 11.3 Å². The molecule has 7 heteroatoms. The maximum Gasteiger partial charge on any atom is 0.314 e. The first kappa shape index (κ1) is 15.7. The molecule has 1 fully saturated rings. The molecule has 0 aliphatic heterocycles. The van der Waals surface area contributed by atoms with Crippen LogP contribution in [0, 0.1) is 6.92 Å². The summed E-state index contributed by atoms with van der Waals surface area (Å²) in [7, 11) is 0. The number of nitrogens with zero attached hydrogens (tertiary/aromatic N) is 1. The van der Waals surface area contributed by atoms with Crippen molar-refractivity contribution in [2.24, 2.45) is 0 Å². The van der Waals surface area contributed by atoms with Gasteiger partial charge in [0.1, 0.15) is 5.76 Å². The minimum absolute atomic E-state index is 0.0413. The van der Waals surface area contributed by atoms with E-state index in [1.54, 1.807) is 24.3 Å². The zero-order chi connectivity index (χ0) is 16.3. The Hall–Kier alpha value is -2.15. The third-order valence-corrected chi connectivity index (χ3v) is 5.04. The largest absolute Gasteiger partial charge is 0.360 e. The summed E-state index contributed by atoms with van der Waals surface area (Å²) in [6.07, 6.45) is 4.37. The number of carbonyl (C=O) groups is 2. The molecule has 1 aliphatic rings. The van der Waals surface area contributed by atoms with Crippen molar-refractivity contribution >= 4 is 29.0 Å². The molecule has 2 aromatic heterocycles. The van der Waals surface area contributed by atoms with E-state index < -0.39 is 11.8 Å². The number of carbonyl (C=O) groups excluding carboxylic acids is 2. The minimum Gasteiger partial charge on any atom is -0.360 e. The summed E-state index contributed by atoms with van der Waals surface area (Å²) in [5.74, 6) is -0.553. The second kappa shape index (κ2) is 6.54. The number of hydrogen-bond acceptors (Lipinski definition) is 5. The van der Waals surface area contributed by atoms with Crippen LogP contribution in [0.25, 0.3) is 0 Å². The fourth-order valence-electron chi connectivity index (χ4n) is 3.11. The smallest absolute Gasteiger partial charge is 0.314 e. The van der Waals surface area contributed by atoms with Crippen molar-refractivity contribution in [2.75, 3.05) is 11.9 Å². The Bertz CT molecular complexity index is 687. The van der Waals surface area contributed by atoms with Gasteiger partial charge in [-0.1, -0.05) is 18.0 Å². The fraction of sp³-hybridized carbons (Fsp3) is 0.438.